The molecule has 0 aliphatic carbocycles. The first-order chi connectivity index (χ1) is 9.58. The fourth-order valence-corrected chi connectivity index (χ4v) is 2.44. The number of nitrogens with zero attached hydrogens (tertiary/aromatic N) is 2. The maximum absolute atomic E-state index is 11.4. The van der Waals surface area contributed by atoms with Gasteiger partial charge in [0.1, 0.15) is 5.82 Å². The predicted molar refractivity (Wildman–Crippen MR) is 77.1 cm³/mol. The first kappa shape index (κ1) is 12.4. The van der Waals surface area contributed by atoms with Crippen LogP contribution in [0.4, 0.5) is 0 Å². The van der Waals surface area contributed by atoms with E-state index in [2.05, 4.69) is 4.98 Å². The molecule has 100 valence electrons. The Labute approximate surface area is 116 Å². The normalized spacial score (nSPS) is 10.9. The maximum atomic E-state index is 11.4. The Morgan fingerprint density at radius 2 is 2.00 bits per heavy atom. The van der Waals surface area contributed by atoms with Crippen LogP contribution >= 0.6 is 0 Å². The number of rotatable bonds is 2. The molecule has 0 atom stereocenters. The Kier molecular flexibility index (Phi) is 2.79. The standard InChI is InChI=1S/C16H14N2O2/c1-10-5-3-7-12(9-10)15-17-13(16(19)20)14-11(2)6-4-8-18(14)15/h3-9H,1-2H3,(H,19,20). The maximum Gasteiger partial charge on any atom is 0.356 e. The quantitative estimate of drug-likeness (QED) is 0.774. The van der Waals surface area contributed by atoms with Gasteiger partial charge < -0.3 is 5.11 Å². The number of carbonyl (C=O) groups is 1. The summed E-state index contributed by atoms with van der Waals surface area (Å²) in [6.45, 7) is 3.89. The van der Waals surface area contributed by atoms with Gasteiger partial charge in [0, 0.05) is 11.8 Å². The lowest BCUT2D eigenvalue weighted by molar-refractivity contribution is 0.0693. The Bertz CT molecular complexity index is 818. The van der Waals surface area contributed by atoms with E-state index in [4.69, 9.17) is 0 Å². The van der Waals surface area contributed by atoms with Gasteiger partial charge in [-0.05, 0) is 31.5 Å². The van der Waals surface area contributed by atoms with E-state index < -0.39 is 5.97 Å². The van der Waals surface area contributed by atoms with Crippen LogP contribution in [-0.2, 0) is 0 Å². The highest BCUT2D eigenvalue weighted by atomic mass is 16.4. The molecule has 0 radical (unpaired) electrons. The molecule has 4 nitrogen and oxygen atoms in total. The number of hydrogen-bond donors (Lipinski definition) is 1. The second kappa shape index (κ2) is 4.49. The van der Waals surface area contributed by atoms with Crippen LogP contribution < -0.4 is 0 Å². The molecule has 0 aliphatic rings. The average molecular weight is 266 g/mol. The van der Waals surface area contributed by atoms with E-state index in [0.29, 0.717) is 11.3 Å². The van der Waals surface area contributed by atoms with Gasteiger partial charge >= 0.3 is 5.97 Å². The van der Waals surface area contributed by atoms with Crippen LogP contribution in [0.1, 0.15) is 21.6 Å². The van der Waals surface area contributed by atoms with Crippen molar-refractivity contribution in [1.29, 1.82) is 0 Å². The fraction of sp³-hybridized carbons (Fsp3) is 0.125. The lowest BCUT2D eigenvalue weighted by Gasteiger charge is -2.03. The van der Waals surface area contributed by atoms with Crippen molar-refractivity contribution in [2.75, 3.05) is 0 Å². The van der Waals surface area contributed by atoms with Crippen molar-refractivity contribution >= 4 is 11.5 Å². The molecule has 0 saturated heterocycles. The molecule has 3 aromatic rings. The highest BCUT2D eigenvalue weighted by Crippen LogP contribution is 2.25. The van der Waals surface area contributed by atoms with Gasteiger partial charge in [0.2, 0.25) is 0 Å². The number of aryl methyl sites for hydroxylation is 2. The third-order valence-electron chi connectivity index (χ3n) is 3.34. The topological polar surface area (TPSA) is 54.6 Å². The molecule has 20 heavy (non-hydrogen) atoms. The van der Waals surface area contributed by atoms with Crippen LogP contribution in [0, 0.1) is 13.8 Å². The summed E-state index contributed by atoms with van der Waals surface area (Å²) in [6.07, 6.45) is 1.85. The molecule has 0 unspecified atom stereocenters. The van der Waals surface area contributed by atoms with Gasteiger partial charge in [0.15, 0.2) is 5.69 Å². The monoisotopic (exact) mass is 266 g/mol. The number of fused-ring (bicyclic) bond motifs is 1. The van der Waals surface area contributed by atoms with E-state index in [1.165, 1.54) is 0 Å². The lowest BCUT2D eigenvalue weighted by Crippen LogP contribution is -1.98. The summed E-state index contributed by atoms with van der Waals surface area (Å²) in [5, 5.41) is 9.35. The molecule has 0 amide bonds. The number of carboxylic acids is 1. The average Bonchev–Trinajstić information content (AvgIpc) is 2.80. The number of hydrogen-bond acceptors (Lipinski definition) is 2. The van der Waals surface area contributed by atoms with E-state index in [1.807, 2.05) is 60.8 Å². The van der Waals surface area contributed by atoms with Gasteiger partial charge in [0.25, 0.3) is 0 Å². The van der Waals surface area contributed by atoms with Crippen LogP contribution in [0.5, 0.6) is 0 Å². The molecule has 0 saturated carbocycles. The predicted octanol–water partition coefficient (Wildman–Crippen LogP) is 3.32. The number of pyridine rings is 1. The minimum atomic E-state index is -1.00. The summed E-state index contributed by atoms with van der Waals surface area (Å²) >= 11 is 0. The van der Waals surface area contributed by atoms with Crippen molar-refractivity contribution in [3.8, 4) is 11.4 Å². The molecule has 1 N–H and O–H groups in total. The van der Waals surface area contributed by atoms with Gasteiger partial charge in [0.05, 0.1) is 5.52 Å². The number of imidazole rings is 1. The molecule has 2 heterocycles. The molecule has 1 aromatic carbocycles. The van der Waals surface area contributed by atoms with Crippen LogP contribution in [-0.4, -0.2) is 20.5 Å². The van der Waals surface area contributed by atoms with Gasteiger partial charge in [-0.15, -0.1) is 0 Å². The zero-order valence-corrected chi connectivity index (χ0v) is 11.3. The molecule has 0 aliphatic heterocycles. The molecule has 0 spiro atoms. The number of aromatic carboxylic acids is 1. The number of benzene rings is 1. The summed E-state index contributed by atoms with van der Waals surface area (Å²) in [7, 11) is 0. The van der Waals surface area contributed by atoms with Crippen molar-refractivity contribution in [3.63, 3.8) is 0 Å². The molecule has 3 rings (SSSR count). The lowest BCUT2D eigenvalue weighted by atomic mass is 10.1. The van der Waals surface area contributed by atoms with Gasteiger partial charge in [-0.2, -0.15) is 0 Å². The van der Waals surface area contributed by atoms with E-state index in [0.717, 1.165) is 16.7 Å². The van der Waals surface area contributed by atoms with Gasteiger partial charge in [-0.3, -0.25) is 4.40 Å². The van der Waals surface area contributed by atoms with Crippen molar-refractivity contribution in [2.45, 2.75) is 13.8 Å². The minimum Gasteiger partial charge on any atom is -0.476 e. The second-order valence-corrected chi connectivity index (χ2v) is 4.87. The largest absolute Gasteiger partial charge is 0.476 e. The Balaban J connectivity index is 2.38. The highest BCUT2D eigenvalue weighted by molar-refractivity contribution is 5.96. The summed E-state index contributed by atoms with van der Waals surface area (Å²) in [5.74, 6) is -0.347. The number of carboxylic acid groups (broad SMARTS) is 1. The summed E-state index contributed by atoms with van der Waals surface area (Å²) in [4.78, 5) is 15.7. The molecule has 2 aromatic heterocycles. The molecular weight excluding hydrogens is 252 g/mol. The van der Waals surface area contributed by atoms with Crippen LogP contribution in [0.2, 0.25) is 0 Å². The number of aromatic nitrogens is 2. The molecule has 0 fully saturated rings. The van der Waals surface area contributed by atoms with E-state index in [9.17, 15) is 9.90 Å². The van der Waals surface area contributed by atoms with Crippen LogP contribution in [0.15, 0.2) is 42.6 Å². The first-order valence-electron chi connectivity index (χ1n) is 6.36. The van der Waals surface area contributed by atoms with Crippen molar-refractivity contribution in [1.82, 2.24) is 9.38 Å². The van der Waals surface area contributed by atoms with Crippen molar-refractivity contribution < 1.29 is 9.90 Å². The third kappa shape index (κ3) is 1.86. The second-order valence-electron chi connectivity index (χ2n) is 4.87. The Morgan fingerprint density at radius 1 is 1.20 bits per heavy atom. The van der Waals surface area contributed by atoms with Gasteiger partial charge in [-0.25, -0.2) is 9.78 Å². The summed E-state index contributed by atoms with van der Waals surface area (Å²) < 4.78 is 1.84. The molecule has 0 bridgehead atoms. The van der Waals surface area contributed by atoms with Crippen LogP contribution in [0.3, 0.4) is 0 Å². The van der Waals surface area contributed by atoms with Crippen molar-refractivity contribution in [2.24, 2.45) is 0 Å². The first-order valence-corrected chi connectivity index (χ1v) is 6.36. The SMILES string of the molecule is Cc1cccc(-c2nc(C(=O)O)c3c(C)cccn23)c1. The zero-order chi connectivity index (χ0) is 14.3. The zero-order valence-electron chi connectivity index (χ0n) is 11.3. The minimum absolute atomic E-state index is 0.0969. The van der Waals surface area contributed by atoms with Gasteiger partial charge in [-0.1, -0.05) is 29.8 Å². The smallest absolute Gasteiger partial charge is 0.356 e. The Morgan fingerprint density at radius 3 is 2.70 bits per heavy atom. The third-order valence-corrected chi connectivity index (χ3v) is 3.34. The van der Waals surface area contributed by atoms with Crippen molar-refractivity contribution in [3.05, 3.63) is 59.4 Å². The van der Waals surface area contributed by atoms with Crippen LogP contribution in [0.25, 0.3) is 16.9 Å². The summed E-state index contributed by atoms with van der Waals surface area (Å²) in [5.41, 5.74) is 3.68. The van der Waals surface area contributed by atoms with E-state index >= 15 is 0 Å². The highest BCUT2D eigenvalue weighted by Gasteiger charge is 2.18. The van der Waals surface area contributed by atoms with E-state index in [-0.39, 0.29) is 5.69 Å². The molecular formula is C16H14N2O2. The summed E-state index contributed by atoms with van der Waals surface area (Å²) in [6, 6.07) is 11.7. The fourth-order valence-electron chi connectivity index (χ4n) is 2.44. The Hall–Kier alpha value is -2.62. The van der Waals surface area contributed by atoms with E-state index in [1.54, 1.807) is 0 Å². The molecule has 4 heteroatoms.